The fraction of sp³-hybridized carbons (Fsp3) is 0.486. The van der Waals surface area contributed by atoms with Gasteiger partial charge in [0.15, 0.2) is 21.3 Å². The Bertz CT molecular complexity index is 1680. The quantitative estimate of drug-likeness (QED) is 0.294. The second kappa shape index (κ2) is 14.7. The van der Waals surface area contributed by atoms with Crippen LogP contribution in [-0.4, -0.2) is 59.3 Å². The number of carbonyl (C=O) groups is 2. The summed E-state index contributed by atoms with van der Waals surface area (Å²) in [6.07, 6.45) is 6.95. The van der Waals surface area contributed by atoms with Gasteiger partial charge in [-0.15, -0.1) is 0 Å². The molecule has 0 spiro atoms. The van der Waals surface area contributed by atoms with Gasteiger partial charge in [0.25, 0.3) is 5.91 Å². The molecule has 2 aromatic carbocycles. The lowest BCUT2D eigenvalue weighted by molar-refractivity contribution is 0.0284. The number of sulfone groups is 1. The Kier molecular flexibility index (Phi) is 11.2. The van der Waals surface area contributed by atoms with E-state index >= 15 is 0 Å². The van der Waals surface area contributed by atoms with Crippen LogP contribution in [0.15, 0.2) is 53.6 Å². The molecular formula is C35H47N5O6S. The van der Waals surface area contributed by atoms with E-state index in [2.05, 4.69) is 15.3 Å². The molecule has 1 aromatic heterocycles. The van der Waals surface area contributed by atoms with E-state index < -0.39 is 32.2 Å². The SMILES string of the molecule is CN(Cc1cccc2c1OCCCCCCCCC(C)(C)S(=O)(=O)c1ccc(cc1)-c1cnc(N)c(n1)C(=O)N2)C(=O)OC(C)(C)C. The third-order valence-corrected chi connectivity index (χ3v) is 10.6. The predicted molar refractivity (Wildman–Crippen MR) is 183 cm³/mol. The summed E-state index contributed by atoms with van der Waals surface area (Å²) in [5, 5.41) is 2.88. The molecule has 12 heteroatoms. The molecular weight excluding hydrogens is 618 g/mol. The number of hydrogen-bond donors (Lipinski definition) is 2. The number of nitrogens with zero attached hydrogens (tertiary/aromatic N) is 3. The topological polar surface area (TPSA) is 154 Å². The highest BCUT2D eigenvalue weighted by Crippen LogP contribution is 2.33. The van der Waals surface area contributed by atoms with Crippen LogP contribution in [-0.2, 0) is 21.1 Å². The summed E-state index contributed by atoms with van der Waals surface area (Å²) in [6, 6.07) is 11.8. The zero-order valence-electron chi connectivity index (χ0n) is 28.3. The second-order valence-electron chi connectivity index (χ2n) is 13.6. The molecule has 0 atom stereocenters. The van der Waals surface area contributed by atoms with Crippen molar-refractivity contribution < 1.29 is 27.5 Å². The molecule has 2 aliphatic rings. The fourth-order valence-electron chi connectivity index (χ4n) is 5.32. The van der Waals surface area contributed by atoms with Crippen LogP contribution in [0.5, 0.6) is 5.75 Å². The average Bonchev–Trinajstić information content (AvgIpc) is 3.00. The van der Waals surface area contributed by atoms with Gasteiger partial charge in [-0.2, -0.15) is 0 Å². The number of para-hydroxylation sites is 1. The molecule has 3 heterocycles. The Morgan fingerprint density at radius 1 is 1.04 bits per heavy atom. The maximum absolute atomic E-state index is 13.6. The van der Waals surface area contributed by atoms with E-state index in [1.54, 1.807) is 57.3 Å². The smallest absolute Gasteiger partial charge is 0.410 e. The lowest BCUT2D eigenvalue weighted by Gasteiger charge is -2.25. The molecule has 3 N–H and O–H groups in total. The lowest BCUT2D eigenvalue weighted by Crippen LogP contribution is -2.34. The summed E-state index contributed by atoms with van der Waals surface area (Å²) in [7, 11) is -1.94. The van der Waals surface area contributed by atoms with Gasteiger partial charge in [0.05, 0.1) is 40.4 Å². The molecule has 0 saturated carbocycles. The van der Waals surface area contributed by atoms with Crippen LogP contribution in [0.25, 0.3) is 11.3 Å². The second-order valence-corrected chi connectivity index (χ2v) is 16.2. The van der Waals surface area contributed by atoms with Crippen LogP contribution >= 0.6 is 0 Å². The number of nitrogens with two attached hydrogens (primary N) is 1. The van der Waals surface area contributed by atoms with Crippen molar-refractivity contribution in [3.8, 4) is 17.0 Å². The third-order valence-electron chi connectivity index (χ3n) is 8.08. The Labute approximate surface area is 278 Å². The number of amides is 2. The molecule has 0 saturated heterocycles. The number of nitrogen functional groups attached to an aromatic ring is 1. The summed E-state index contributed by atoms with van der Waals surface area (Å²) < 4.78 is 37.9. The molecule has 4 bridgehead atoms. The first-order chi connectivity index (χ1) is 22.1. The molecule has 0 unspecified atom stereocenters. The summed E-state index contributed by atoms with van der Waals surface area (Å²) in [5.74, 6) is -0.215. The molecule has 2 amide bonds. The van der Waals surface area contributed by atoms with Gasteiger partial charge in [0.1, 0.15) is 11.4 Å². The van der Waals surface area contributed by atoms with Crippen LogP contribution < -0.4 is 15.8 Å². The molecule has 5 rings (SSSR count). The Hall–Kier alpha value is -4.19. The van der Waals surface area contributed by atoms with Crippen molar-refractivity contribution in [2.24, 2.45) is 0 Å². The number of nitrogens with one attached hydrogen (secondary N) is 1. The van der Waals surface area contributed by atoms with Gasteiger partial charge in [-0.05, 0) is 65.7 Å². The third kappa shape index (κ3) is 9.00. The highest BCUT2D eigenvalue weighted by Gasteiger charge is 2.35. The molecule has 0 aliphatic carbocycles. The Balaban J connectivity index is 1.68. The number of rotatable bonds is 2. The lowest BCUT2D eigenvalue weighted by atomic mass is 10.0. The number of hydrogen-bond acceptors (Lipinski definition) is 9. The zero-order chi connectivity index (χ0) is 34.4. The Morgan fingerprint density at radius 2 is 1.70 bits per heavy atom. The van der Waals surface area contributed by atoms with Crippen molar-refractivity contribution >= 4 is 33.3 Å². The van der Waals surface area contributed by atoms with Crippen molar-refractivity contribution in [2.75, 3.05) is 24.7 Å². The van der Waals surface area contributed by atoms with Crippen molar-refractivity contribution in [1.82, 2.24) is 14.9 Å². The predicted octanol–water partition coefficient (Wildman–Crippen LogP) is 7.02. The molecule has 47 heavy (non-hydrogen) atoms. The monoisotopic (exact) mass is 665 g/mol. The van der Waals surface area contributed by atoms with Crippen LogP contribution in [0.1, 0.15) is 95.6 Å². The van der Waals surface area contributed by atoms with Crippen molar-refractivity contribution in [3.05, 3.63) is 59.9 Å². The van der Waals surface area contributed by atoms with Crippen LogP contribution in [0.2, 0.25) is 0 Å². The van der Waals surface area contributed by atoms with E-state index in [9.17, 15) is 18.0 Å². The number of anilines is 2. The molecule has 0 fully saturated rings. The van der Waals surface area contributed by atoms with E-state index in [-0.39, 0.29) is 23.0 Å². The normalized spacial score (nSPS) is 17.2. The highest BCUT2D eigenvalue weighted by molar-refractivity contribution is 7.92. The van der Waals surface area contributed by atoms with E-state index in [4.69, 9.17) is 15.2 Å². The minimum Gasteiger partial charge on any atom is -0.491 e. The van der Waals surface area contributed by atoms with Crippen LogP contribution in [0.4, 0.5) is 16.3 Å². The minimum atomic E-state index is -3.58. The minimum absolute atomic E-state index is 0.0649. The van der Waals surface area contributed by atoms with E-state index in [1.165, 1.54) is 11.1 Å². The number of ether oxygens (including phenoxy) is 2. The van der Waals surface area contributed by atoms with Gasteiger partial charge in [0, 0.05) is 18.2 Å². The van der Waals surface area contributed by atoms with Crippen molar-refractivity contribution in [1.29, 1.82) is 0 Å². The van der Waals surface area contributed by atoms with Crippen LogP contribution in [0, 0.1) is 0 Å². The maximum Gasteiger partial charge on any atom is 0.410 e. The maximum atomic E-state index is 13.6. The summed E-state index contributed by atoms with van der Waals surface area (Å²) >= 11 is 0. The number of aromatic nitrogens is 2. The van der Waals surface area contributed by atoms with E-state index in [1.807, 2.05) is 26.8 Å². The van der Waals surface area contributed by atoms with Crippen molar-refractivity contribution in [3.63, 3.8) is 0 Å². The number of benzene rings is 2. The molecule has 254 valence electrons. The molecule has 3 aromatic rings. The zero-order valence-corrected chi connectivity index (χ0v) is 29.1. The molecule has 2 aliphatic heterocycles. The van der Waals surface area contributed by atoms with Gasteiger partial charge in [-0.3, -0.25) is 4.79 Å². The average molecular weight is 666 g/mol. The standard InChI is InChI=1S/C35H47N5O6S/c1-34(2,3)46-33(42)40(6)23-25-14-13-15-27-30(25)45-21-12-10-8-7-9-11-20-35(4,5)47(43,44)26-18-16-24(17-19-26)28-22-37-31(36)29(38-28)32(41)39-27/h13-19,22H,7-12,20-21,23H2,1-6H3,(H2,36,37)(H,39,41). The largest absolute Gasteiger partial charge is 0.491 e. The number of carbonyl (C=O) groups excluding carboxylic acids is 2. The first-order valence-corrected chi connectivity index (χ1v) is 17.5. The van der Waals surface area contributed by atoms with Gasteiger partial charge >= 0.3 is 6.09 Å². The van der Waals surface area contributed by atoms with E-state index in [0.29, 0.717) is 41.3 Å². The Morgan fingerprint density at radius 3 is 2.38 bits per heavy atom. The van der Waals surface area contributed by atoms with Gasteiger partial charge < -0.3 is 25.4 Å². The first-order valence-electron chi connectivity index (χ1n) is 16.1. The van der Waals surface area contributed by atoms with Gasteiger partial charge in [0.2, 0.25) is 0 Å². The summed E-state index contributed by atoms with van der Waals surface area (Å²) in [4.78, 5) is 36.7. The first kappa shape index (κ1) is 35.7. The summed E-state index contributed by atoms with van der Waals surface area (Å²) in [5.41, 5.74) is 7.41. The number of fused-ring (bicyclic) bond motifs is 13. The summed E-state index contributed by atoms with van der Waals surface area (Å²) in [6.45, 7) is 9.56. The van der Waals surface area contributed by atoms with E-state index in [0.717, 1.165) is 38.5 Å². The van der Waals surface area contributed by atoms with Crippen LogP contribution in [0.3, 0.4) is 0 Å². The highest BCUT2D eigenvalue weighted by atomic mass is 32.2. The van der Waals surface area contributed by atoms with Gasteiger partial charge in [-0.25, -0.2) is 23.2 Å². The molecule has 11 nitrogen and oxygen atoms in total. The van der Waals surface area contributed by atoms with Gasteiger partial charge in [-0.1, -0.05) is 56.4 Å². The van der Waals surface area contributed by atoms with Crippen molar-refractivity contribution in [2.45, 2.75) is 101 Å². The molecule has 0 radical (unpaired) electrons. The fourth-order valence-corrected chi connectivity index (χ4v) is 6.86.